The van der Waals surface area contributed by atoms with Crippen LogP contribution in [0.25, 0.3) is 0 Å². The van der Waals surface area contributed by atoms with E-state index in [9.17, 15) is 14.9 Å². The van der Waals surface area contributed by atoms with Crippen molar-refractivity contribution in [2.24, 2.45) is 0 Å². The van der Waals surface area contributed by atoms with Crippen molar-refractivity contribution in [1.29, 1.82) is 0 Å². The maximum atomic E-state index is 12.1. The number of nitro groups is 1. The third-order valence-electron chi connectivity index (χ3n) is 3.53. The maximum Gasteiger partial charge on any atom is 0.342 e. The molecule has 0 aliphatic carbocycles. The Hall–Kier alpha value is -2.64. The van der Waals surface area contributed by atoms with Gasteiger partial charge in [0.2, 0.25) is 0 Å². The highest BCUT2D eigenvalue weighted by molar-refractivity contribution is 5.92. The molecule has 0 radical (unpaired) electrons. The summed E-state index contributed by atoms with van der Waals surface area (Å²) in [5, 5.41) is 10.9. The lowest BCUT2D eigenvalue weighted by Crippen LogP contribution is -2.14. The van der Waals surface area contributed by atoms with Crippen molar-refractivity contribution >= 4 is 11.8 Å². The molecule has 2 aromatic rings. The minimum Gasteiger partial charge on any atom is -0.465 e. The number of hydrogen-bond donors (Lipinski definition) is 0. The van der Waals surface area contributed by atoms with Crippen molar-refractivity contribution in [2.75, 3.05) is 6.61 Å². The Morgan fingerprint density at radius 2 is 2.05 bits per heavy atom. The van der Waals surface area contributed by atoms with Gasteiger partial charge in [-0.1, -0.05) is 0 Å². The average Bonchev–Trinajstić information content (AvgIpc) is 2.91. The normalized spacial score (nSPS) is 10.7. The topological polar surface area (TPSA) is 100 Å². The maximum absolute atomic E-state index is 12.1. The lowest BCUT2D eigenvalue weighted by Gasteiger charge is -2.05. The molecule has 0 spiro atoms. The standard InChI is InChI=1S/C14H17N3O5/c1-8-9(2)22-10(3)13(8)14(18)21-6-5-16-11(4)15-7-12(16)17(19)20/h7H,5-6H2,1-4H3. The van der Waals surface area contributed by atoms with E-state index in [1.165, 1.54) is 10.8 Å². The number of nitrogens with zero attached hydrogens (tertiary/aromatic N) is 3. The smallest absolute Gasteiger partial charge is 0.342 e. The fourth-order valence-electron chi connectivity index (χ4n) is 2.27. The number of rotatable bonds is 5. The predicted octanol–water partition coefficient (Wildman–Crippen LogP) is 2.47. The van der Waals surface area contributed by atoms with Crippen LogP contribution in [0.3, 0.4) is 0 Å². The lowest BCUT2D eigenvalue weighted by atomic mass is 10.1. The number of esters is 1. The zero-order valence-corrected chi connectivity index (χ0v) is 12.9. The van der Waals surface area contributed by atoms with Crippen molar-refractivity contribution in [1.82, 2.24) is 9.55 Å². The average molecular weight is 307 g/mol. The highest BCUT2D eigenvalue weighted by atomic mass is 16.6. The molecule has 0 aromatic carbocycles. The van der Waals surface area contributed by atoms with Crippen LogP contribution in [0.4, 0.5) is 5.82 Å². The van der Waals surface area contributed by atoms with Crippen LogP contribution in [0.5, 0.6) is 0 Å². The third kappa shape index (κ3) is 2.85. The van der Waals surface area contributed by atoms with Crippen molar-refractivity contribution in [3.8, 4) is 0 Å². The van der Waals surface area contributed by atoms with E-state index in [0.717, 1.165) is 5.56 Å². The quantitative estimate of drug-likeness (QED) is 0.478. The summed E-state index contributed by atoms with van der Waals surface area (Å²) in [4.78, 5) is 26.3. The molecule has 2 heterocycles. The highest BCUT2D eigenvalue weighted by Crippen LogP contribution is 2.21. The Morgan fingerprint density at radius 1 is 1.36 bits per heavy atom. The Balaban J connectivity index is 2.04. The van der Waals surface area contributed by atoms with Gasteiger partial charge in [0.05, 0.1) is 0 Å². The van der Waals surface area contributed by atoms with E-state index in [2.05, 4.69) is 4.98 Å². The summed E-state index contributed by atoms with van der Waals surface area (Å²) in [6.07, 6.45) is 1.19. The first-order valence-electron chi connectivity index (χ1n) is 6.73. The molecule has 22 heavy (non-hydrogen) atoms. The molecule has 118 valence electrons. The second kappa shape index (κ2) is 6.00. The molecule has 0 aliphatic rings. The molecule has 0 fully saturated rings. The minimum atomic E-state index is -0.518. The van der Waals surface area contributed by atoms with E-state index in [1.54, 1.807) is 27.7 Å². The van der Waals surface area contributed by atoms with Gasteiger partial charge in [-0.2, -0.15) is 0 Å². The molecule has 2 rings (SSSR count). The molecule has 2 aromatic heterocycles. The zero-order valence-electron chi connectivity index (χ0n) is 12.9. The van der Waals surface area contributed by atoms with Gasteiger partial charge in [-0.3, -0.25) is 0 Å². The highest BCUT2D eigenvalue weighted by Gasteiger charge is 2.21. The van der Waals surface area contributed by atoms with E-state index in [1.807, 2.05) is 0 Å². The van der Waals surface area contributed by atoms with Crippen LogP contribution in [0, 0.1) is 37.8 Å². The first-order chi connectivity index (χ1) is 10.3. The number of carbonyl (C=O) groups is 1. The zero-order chi connectivity index (χ0) is 16.4. The Kier molecular flexibility index (Phi) is 4.30. The van der Waals surface area contributed by atoms with Crippen LogP contribution in [0.1, 0.15) is 33.3 Å². The molecule has 0 amide bonds. The SMILES string of the molecule is Cc1oc(C)c(C(=O)OCCn2c([N+](=O)[O-])cnc2C)c1C. The number of hydrogen-bond acceptors (Lipinski definition) is 6. The molecule has 0 aliphatic heterocycles. The number of furan rings is 1. The first-order valence-corrected chi connectivity index (χ1v) is 6.73. The second-order valence-electron chi connectivity index (χ2n) is 4.92. The van der Waals surface area contributed by atoms with Gasteiger partial charge in [0.25, 0.3) is 0 Å². The predicted molar refractivity (Wildman–Crippen MR) is 76.8 cm³/mol. The number of aryl methyl sites for hydroxylation is 3. The molecule has 0 N–H and O–H groups in total. The number of ether oxygens (including phenoxy) is 1. The van der Waals surface area contributed by atoms with Gasteiger partial charge in [0.15, 0.2) is 5.82 Å². The van der Waals surface area contributed by atoms with E-state index in [4.69, 9.17) is 9.15 Å². The summed E-state index contributed by atoms with van der Waals surface area (Å²) < 4.78 is 12.0. The minimum absolute atomic E-state index is 0.0139. The fraction of sp³-hybridized carbons (Fsp3) is 0.429. The van der Waals surface area contributed by atoms with E-state index in [-0.39, 0.29) is 19.0 Å². The van der Waals surface area contributed by atoms with E-state index in [0.29, 0.717) is 22.9 Å². The van der Waals surface area contributed by atoms with Crippen LogP contribution in [0.2, 0.25) is 0 Å². The number of aromatic nitrogens is 2. The van der Waals surface area contributed by atoms with Gasteiger partial charge in [0.1, 0.15) is 36.4 Å². The van der Waals surface area contributed by atoms with Crippen molar-refractivity contribution in [2.45, 2.75) is 34.2 Å². The van der Waals surface area contributed by atoms with E-state index >= 15 is 0 Å². The molecule has 0 atom stereocenters. The molecule has 0 saturated carbocycles. The van der Waals surface area contributed by atoms with Crippen molar-refractivity contribution in [3.63, 3.8) is 0 Å². The Bertz CT molecular complexity index is 729. The third-order valence-corrected chi connectivity index (χ3v) is 3.53. The van der Waals surface area contributed by atoms with Gasteiger partial charge >= 0.3 is 11.8 Å². The Morgan fingerprint density at radius 3 is 2.59 bits per heavy atom. The lowest BCUT2D eigenvalue weighted by molar-refractivity contribution is -0.392. The number of imidazole rings is 1. The summed E-state index contributed by atoms with van der Waals surface area (Å²) in [5.74, 6) is 1.05. The molecule has 0 bridgehead atoms. The monoisotopic (exact) mass is 307 g/mol. The summed E-state index contributed by atoms with van der Waals surface area (Å²) in [7, 11) is 0. The van der Waals surface area contributed by atoms with Gasteiger partial charge in [-0.25, -0.2) is 14.3 Å². The molecular formula is C14H17N3O5. The second-order valence-corrected chi connectivity index (χ2v) is 4.92. The summed E-state index contributed by atoms with van der Waals surface area (Å²) >= 11 is 0. The molecule has 8 nitrogen and oxygen atoms in total. The van der Waals surface area contributed by atoms with Crippen molar-refractivity contribution < 1.29 is 18.9 Å². The molecule has 0 unspecified atom stereocenters. The molecule has 0 saturated heterocycles. The van der Waals surface area contributed by atoms with Crippen LogP contribution in [-0.2, 0) is 11.3 Å². The largest absolute Gasteiger partial charge is 0.465 e. The van der Waals surface area contributed by atoms with Gasteiger partial charge in [-0.05, 0) is 25.7 Å². The summed E-state index contributed by atoms with van der Waals surface area (Å²) in [6.45, 7) is 7.09. The van der Waals surface area contributed by atoms with Gasteiger partial charge in [-0.15, -0.1) is 0 Å². The summed E-state index contributed by atoms with van der Waals surface area (Å²) in [6, 6.07) is 0. The van der Waals surface area contributed by atoms with Crippen LogP contribution in [0.15, 0.2) is 10.6 Å². The molecule has 8 heteroatoms. The van der Waals surface area contributed by atoms with Crippen LogP contribution >= 0.6 is 0 Å². The van der Waals surface area contributed by atoms with Crippen LogP contribution < -0.4 is 0 Å². The summed E-state index contributed by atoms with van der Waals surface area (Å²) in [5.41, 5.74) is 1.15. The fourth-order valence-corrected chi connectivity index (χ4v) is 2.27. The van der Waals surface area contributed by atoms with Gasteiger partial charge in [0, 0.05) is 12.5 Å². The van der Waals surface area contributed by atoms with Gasteiger partial charge < -0.3 is 19.3 Å². The number of carbonyl (C=O) groups excluding carboxylic acids is 1. The Labute approximate surface area is 126 Å². The van der Waals surface area contributed by atoms with Crippen LogP contribution in [-0.4, -0.2) is 27.1 Å². The first kappa shape index (κ1) is 15.7. The van der Waals surface area contributed by atoms with E-state index < -0.39 is 10.9 Å². The molecular weight excluding hydrogens is 290 g/mol. The van der Waals surface area contributed by atoms with Crippen molar-refractivity contribution in [3.05, 3.63) is 44.8 Å².